The van der Waals surface area contributed by atoms with Crippen molar-refractivity contribution in [1.29, 1.82) is 0 Å². The first-order valence-electron chi connectivity index (χ1n) is 8.04. The van der Waals surface area contributed by atoms with Gasteiger partial charge in [-0.2, -0.15) is 0 Å². The van der Waals surface area contributed by atoms with Gasteiger partial charge in [0, 0.05) is 30.5 Å². The third-order valence-corrected chi connectivity index (χ3v) is 6.08. The van der Waals surface area contributed by atoms with Gasteiger partial charge in [0.05, 0.1) is 17.3 Å². The van der Waals surface area contributed by atoms with E-state index in [1.54, 1.807) is 0 Å². The number of likely N-dealkylation sites (tertiary alicyclic amines) is 1. The van der Waals surface area contributed by atoms with E-state index in [9.17, 15) is 0 Å². The Hall–Kier alpha value is -0.450. The van der Waals surface area contributed by atoms with Crippen molar-refractivity contribution in [3.63, 3.8) is 0 Å². The van der Waals surface area contributed by atoms with Gasteiger partial charge in [-0.3, -0.25) is 4.90 Å². The minimum Gasteiger partial charge on any atom is -0.378 e. The van der Waals surface area contributed by atoms with Crippen LogP contribution in [-0.4, -0.2) is 35.7 Å². The van der Waals surface area contributed by atoms with Crippen molar-refractivity contribution in [2.75, 3.05) is 19.7 Å². The highest BCUT2D eigenvalue weighted by Crippen LogP contribution is 2.50. The van der Waals surface area contributed by atoms with Crippen LogP contribution in [0.2, 0.25) is 0 Å². The third kappa shape index (κ3) is 2.42. The second kappa shape index (κ2) is 5.08. The van der Waals surface area contributed by atoms with Gasteiger partial charge in [-0.15, -0.1) is 11.3 Å². The molecule has 4 heteroatoms. The number of hydrogen-bond donors (Lipinski definition) is 0. The van der Waals surface area contributed by atoms with E-state index in [2.05, 4.69) is 16.8 Å². The molecular formula is C16H24N2OS. The van der Waals surface area contributed by atoms with E-state index < -0.39 is 0 Å². The molecule has 0 radical (unpaired) electrons. The van der Waals surface area contributed by atoms with Crippen LogP contribution in [0.4, 0.5) is 0 Å². The molecule has 4 rings (SSSR count). The van der Waals surface area contributed by atoms with Gasteiger partial charge in [0.1, 0.15) is 0 Å². The van der Waals surface area contributed by atoms with Crippen molar-refractivity contribution in [3.05, 3.63) is 16.1 Å². The monoisotopic (exact) mass is 292 g/mol. The Morgan fingerprint density at radius 1 is 1.45 bits per heavy atom. The number of hydrogen-bond acceptors (Lipinski definition) is 4. The standard InChI is InChI=1S/C16H24N2OS/c1-2-19-13-7-16(8-13)5-6-18(10-16)9-14-15(12-3-4-12)17-11-20-14/h11-13H,2-10H2,1H3. The molecule has 1 aliphatic heterocycles. The molecule has 0 amide bonds. The fourth-order valence-corrected chi connectivity index (χ4v) is 4.94. The Kier molecular flexibility index (Phi) is 3.36. The van der Waals surface area contributed by atoms with Crippen molar-refractivity contribution in [3.8, 4) is 0 Å². The minimum absolute atomic E-state index is 0.547. The van der Waals surface area contributed by atoms with Gasteiger partial charge in [-0.1, -0.05) is 0 Å². The molecule has 0 N–H and O–H groups in total. The highest BCUT2D eigenvalue weighted by molar-refractivity contribution is 7.09. The summed E-state index contributed by atoms with van der Waals surface area (Å²) < 4.78 is 5.74. The Morgan fingerprint density at radius 2 is 2.30 bits per heavy atom. The van der Waals surface area contributed by atoms with Crippen LogP contribution in [-0.2, 0) is 11.3 Å². The molecule has 3 fully saturated rings. The molecule has 1 aromatic rings. The zero-order valence-corrected chi connectivity index (χ0v) is 13.1. The SMILES string of the molecule is CCOC1CC2(CCN(Cc3scnc3C3CC3)C2)C1. The molecule has 1 spiro atoms. The molecule has 0 bridgehead atoms. The average Bonchev–Trinajstić information content (AvgIpc) is 2.99. The first kappa shape index (κ1) is 13.2. The first-order chi connectivity index (χ1) is 9.78. The summed E-state index contributed by atoms with van der Waals surface area (Å²) in [5.41, 5.74) is 4.05. The van der Waals surface area contributed by atoms with Crippen LogP contribution in [0.3, 0.4) is 0 Å². The van der Waals surface area contributed by atoms with Crippen molar-refractivity contribution in [1.82, 2.24) is 9.88 Å². The van der Waals surface area contributed by atoms with Crippen molar-refractivity contribution in [2.24, 2.45) is 5.41 Å². The highest BCUT2D eigenvalue weighted by Gasteiger charge is 2.48. The summed E-state index contributed by atoms with van der Waals surface area (Å²) in [6.45, 7) is 6.65. The van der Waals surface area contributed by atoms with E-state index in [1.165, 1.54) is 55.8 Å². The third-order valence-electron chi connectivity index (χ3n) is 5.24. The lowest BCUT2D eigenvalue weighted by Crippen LogP contribution is -2.44. The molecule has 2 aliphatic carbocycles. The van der Waals surface area contributed by atoms with Crippen molar-refractivity contribution in [2.45, 2.75) is 57.6 Å². The summed E-state index contributed by atoms with van der Waals surface area (Å²) in [7, 11) is 0. The number of aromatic nitrogens is 1. The Labute approximate surface area is 125 Å². The zero-order chi connectivity index (χ0) is 13.6. The van der Waals surface area contributed by atoms with Crippen LogP contribution >= 0.6 is 11.3 Å². The quantitative estimate of drug-likeness (QED) is 0.831. The lowest BCUT2D eigenvalue weighted by molar-refractivity contribution is -0.0718. The summed E-state index contributed by atoms with van der Waals surface area (Å²) in [5.74, 6) is 0.791. The van der Waals surface area contributed by atoms with Crippen LogP contribution < -0.4 is 0 Å². The second-order valence-corrected chi connectivity index (χ2v) is 7.82. The fourth-order valence-electron chi connectivity index (χ4n) is 4.05. The number of thiazole rings is 1. The summed E-state index contributed by atoms with van der Waals surface area (Å²) in [6.07, 6.45) is 7.21. The van der Waals surface area contributed by atoms with Gasteiger partial charge >= 0.3 is 0 Å². The maximum atomic E-state index is 5.74. The lowest BCUT2D eigenvalue weighted by Gasteiger charge is -2.44. The summed E-state index contributed by atoms with van der Waals surface area (Å²) in [5, 5.41) is 0. The molecule has 2 saturated carbocycles. The van der Waals surface area contributed by atoms with Crippen LogP contribution in [0.1, 0.15) is 55.5 Å². The van der Waals surface area contributed by atoms with E-state index in [4.69, 9.17) is 4.74 Å². The van der Waals surface area contributed by atoms with Gasteiger partial charge in [-0.25, -0.2) is 4.98 Å². The summed E-state index contributed by atoms with van der Waals surface area (Å²) >= 11 is 1.86. The average molecular weight is 292 g/mol. The van der Waals surface area contributed by atoms with Gasteiger partial charge < -0.3 is 4.74 Å². The van der Waals surface area contributed by atoms with Crippen LogP contribution in [0.25, 0.3) is 0 Å². The molecule has 2 heterocycles. The predicted molar refractivity (Wildman–Crippen MR) is 81.1 cm³/mol. The topological polar surface area (TPSA) is 25.4 Å². The van der Waals surface area contributed by atoms with E-state index in [1.807, 2.05) is 16.8 Å². The number of nitrogens with zero attached hydrogens (tertiary/aromatic N) is 2. The van der Waals surface area contributed by atoms with Gasteiger partial charge in [0.2, 0.25) is 0 Å². The molecule has 0 aromatic carbocycles. The largest absolute Gasteiger partial charge is 0.378 e. The van der Waals surface area contributed by atoms with Crippen LogP contribution in [0.15, 0.2) is 5.51 Å². The summed E-state index contributed by atoms with van der Waals surface area (Å²) in [4.78, 5) is 8.79. The Bertz CT molecular complexity index is 477. The second-order valence-electron chi connectivity index (χ2n) is 6.88. The highest BCUT2D eigenvalue weighted by atomic mass is 32.1. The smallest absolute Gasteiger partial charge is 0.0798 e. The normalized spacial score (nSPS) is 33.8. The van der Waals surface area contributed by atoms with Gasteiger partial charge in [0.25, 0.3) is 0 Å². The number of ether oxygens (including phenoxy) is 1. The summed E-state index contributed by atoms with van der Waals surface area (Å²) in [6, 6.07) is 0. The maximum absolute atomic E-state index is 5.74. The molecule has 20 heavy (non-hydrogen) atoms. The van der Waals surface area contributed by atoms with E-state index in [0.29, 0.717) is 11.5 Å². The maximum Gasteiger partial charge on any atom is 0.0798 e. The molecule has 110 valence electrons. The Morgan fingerprint density at radius 3 is 3.05 bits per heavy atom. The molecule has 3 nitrogen and oxygen atoms in total. The number of rotatable bonds is 5. The van der Waals surface area contributed by atoms with E-state index in [-0.39, 0.29) is 0 Å². The Balaban J connectivity index is 1.34. The molecule has 1 aromatic heterocycles. The van der Waals surface area contributed by atoms with Gasteiger partial charge in [0.15, 0.2) is 0 Å². The zero-order valence-electron chi connectivity index (χ0n) is 12.3. The lowest BCUT2D eigenvalue weighted by atomic mass is 9.66. The fraction of sp³-hybridized carbons (Fsp3) is 0.812. The molecule has 0 unspecified atom stereocenters. The van der Waals surface area contributed by atoms with Crippen molar-refractivity contribution >= 4 is 11.3 Å². The molecule has 3 aliphatic rings. The molecular weight excluding hydrogens is 268 g/mol. The van der Waals surface area contributed by atoms with E-state index in [0.717, 1.165) is 19.1 Å². The first-order valence-corrected chi connectivity index (χ1v) is 8.92. The molecule has 0 atom stereocenters. The molecule has 1 saturated heterocycles. The van der Waals surface area contributed by atoms with Crippen molar-refractivity contribution < 1.29 is 4.74 Å². The minimum atomic E-state index is 0.547. The van der Waals surface area contributed by atoms with Gasteiger partial charge in [-0.05, 0) is 51.0 Å². The van der Waals surface area contributed by atoms with Crippen LogP contribution in [0, 0.1) is 5.41 Å². The van der Waals surface area contributed by atoms with E-state index >= 15 is 0 Å². The van der Waals surface area contributed by atoms with Crippen LogP contribution in [0.5, 0.6) is 0 Å². The predicted octanol–water partition coefficient (Wildman–Crippen LogP) is 3.41.